The van der Waals surface area contributed by atoms with E-state index in [0.29, 0.717) is 4.47 Å². The first-order valence-electron chi connectivity index (χ1n) is 7.17. The van der Waals surface area contributed by atoms with Gasteiger partial charge >= 0.3 is 5.97 Å². The van der Waals surface area contributed by atoms with Crippen molar-refractivity contribution < 1.29 is 23.5 Å². The molecule has 0 atom stereocenters. The van der Waals surface area contributed by atoms with E-state index in [-0.39, 0.29) is 18.0 Å². The van der Waals surface area contributed by atoms with Crippen LogP contribution >= 0.6 is 15.9 Å². The lowest BCUT2D eigenvalue weighted by Crippen LogP contribution is -2.46. The number of nitrogens with one attached hydrogen (secondary N) is 1. The van der Waals surface area contributed by atoms with Gasteiger partial charge in [-0.15, -0.1) is 0 Å². The number of carbonyl (C=O) groups is 3. The predicted octanol–water partition coefficient (Wildman–Crippen LogP) is 2.12. The molecule has 0 saturated carbocycles. The quantitative estimate of drug-likeness (QED) is 0.765. The first-order valence-corrected chi connectivity index (χ1v) is 7.96. The van der Waals surface area contributed by atoms with Crippen LogP contribution in [0.4, 0.5) is 4.39 Å². The largest absolute Gasteiger partial charge is 0.452 e. The van der Waals surface area contributed by atoms with E-state index in [1.54, 1.807) is 0 Å². The molecule has 1 rings (SSSR count). The molecule has 8 heteroatoms. The van der Waals surface area contributed by atoms with E-state index in [9.17, 15) is 18.8 Å². The van der Waals surface area contributed by atoms with Crippen LogP contribution in [-0.2, 0) is 14.3 Å². The van der Waals surface area contributed by atoms with Gasteiger partial charge in [0.2, 0.25) is 5.91 Å². The fraction of sp³-hybridized carbons (Fsp3) is 0.438. The second-order valence-electron chi connectivity index (χ2n) is 6.25. The molecule has 1 aromatic carbocycles. The summed E-state index contributed by atoms with van der Waals surface area (Å²) in [4.78, 5) is 36.6. The highest BCUT2D eigenvalue weighted by Crippen LogP contribution is 2.16. The van der Waals surface area contributed by atoms with Gasteiger partial charge in [0.15, 0.2) is 6.61 Å². The number of esters is 1. The van der Waals surface area contributed by atoms with Gasteiger partial charge < -0.3 is 15.0 Å². The number of likely N-dealkylation sites (N-methyl/N-ethyl adjacent to an activating group) is 1. The molecule has 1 aromatic rings. The van der Waals surface area contributed by atoms with Crippen LogP contribution in [0.15, 0.2) is 22.7 Å². The minimum absolute atomic E-state index is 0.168. The Morgan fingerprint density at radius 3 is 2.50 bits per heavy atom. The molecule has 24 heavy (non-hydrogen) atoms. The third-order valence-corrected chi connectivity index (χ3v) is 3.29. The molecular formula is C16H20BrFN2O4. The minimum atomic E-state index is -0.949. The second-order valence-corrected chi connectivity index (χ2v) is 7.16. The van der Waals surface area contributed by atoms with Gasteiger partial charge in [0, 0.05) is 17.1 Å². The van der Waals surface area contributed by atoms with Crippen LogP contribution in [0.3, 0.4) is 0 Å². The van der Waals surface area contributed by atoms with Crippen molar-refractivity contribution >= 4 is 33.7 Å². The number of hydrogen-bond acceptors (Lipinski definition) is 4. The molecular weight excluding hydrogens is 383 g/mol. The number of hydrogen-bond donors (Lipinski definition) is 1. The zero-order chi connectivity index (χ0) is 18.5. The monoisotopic (exact) mass is 402 g/mol. The van der Waals surface area contributed by atoms with Gasteiger partial charge in [-0.05, 0) is 39.0 Å². The van der Waals surface area contributed by atoms with Crippen LogP contribution in [0.5, 0.6) is 0 Å². The topological polar surface area (TPSA) is 75.7 Å². The van der Waals surface area contributed by atoms with E-state index in [4.69, 9.17) is 4.74 Å². The second kappa shape index (κ2) is 8.23. The molecule has 0 aliphatic rings. The van der Waals surface area contributed by atoms with Gasteiger partial charge in [0.05, 0.1) is 12.1 Å². The number of halogens is 2. The molecule has 0 spiro atoms. The average molecular weight is 403 g/mol. The normalized spacial score (nSPS) is 10.9. The van der Waals surface area contributed by atoms with Crippen molar-refractivity contribution in [1.82, 2.24) is 10.2 Å². The summed E-state index contributed by atoms with van der Waals surface area (Å²) in [6.07, 6.45) is 0. The highest BCUT2D eigenvalue weighted by molar-refractivity contribution is 9.10. The summed E-state index contributed by atoms with van der Waals surface area (Å²) in [7, 11) is 1.41. The Kier molecular flexibility index (Phi) is 6.89. The SMILES string of the molecule is CN(CC(=O)NC(C)(C)C)C(=O)COC(=O)c1cc(Br)ccc1F. The third kappa shape index (κ3) is 6.66. The van der Waals surface area contributed by atoms with E-state index in [1.807, 2.05) is 20.8 Å². The van der Waals surface area contributed by atoms with Gasteiger partial charge in [-0.3, -0.25) is 9.59 Å². The van der Waals surface area contributed by atoms with Crippen LogP contribution < -0.4 is 5.32 Å². The summed E-state index contributed by atoms with van der Waals surface area (Å²) in [6, 6.07) is 3.83. The van der Waals surface area contributed by atoms with Crippen molar-refractivity contribution in [1.29, 1.82) is 0 Å². The number of amides is 2. The smallest absolute Gasteiger partial charge is 0.341 e. The summed E-state index contributed by atoms with van der Waals surface area (Å²) < 4.78 is 18.9. The number of nitrogens with zero attached hydrogens (tertiary/aromatic N) is 1. The van der Waals surface area contributed by atoms with E-state index in [1.165, 1.54) is 19.2 Å². The van der Waals surface area contributed by atoms with Crippen molar-refractivity contribution in [2.45, 2.75) is 26.3 Å². The molecule has 1 N–H and O–H groups in total. The Balaban J connectivity index is 2.54. The lowest BCUT2D eigenvalue weighted by atomic mass is 10.1. The van der Waals surface area contributed by atoms with Crippen molar-refractivity contribution in [3.8, 4) is 0 Å². The molecule has 0 bridgehead atoms. The Labute approximate surface area is 148 Å². The van der Waals surface area contributed by atoms with Crippen LogP contribution in [0.25, 0.3) is 0 Å². The molecule has 132 valence electrons. The Bertz CT molecular complexity index is 643. The van der Waals surface area contributed by atoms with Crippen molar-refractivity contribution in [3.05, 3.63) is 34.1 Å². The van der Waals surface area contributed by atoms with E-state index < -0.39 is 29.8 Å². The zero-order valence-corrected chi connectivity index (χ0v) is 15.6. The first kappa shape index (κ1) is 20.1. The van der Waals surface area contributed by atoms with Crippen LogP contribution in [0, 0.1) is 5.82 Å². The minimum Gasteiger partial charge on any atom is -0.452 e. The van der Waals surface area contributed by atoms with Gasteiger partial charge in [-0.25, -0.2) is 9.18 Å². The Morgan fingerprint density at radius 1 is 1.29 bits per heavy atom. The molecule has 2 amide bonds. The molecule has 0 aromatic heterocycles. The van der Waals surface area contributed by atoms with Crippen molar-refractivity contribution in [2.24, 2.45) is 0 Å². The number of rotatable bonds is 5. The summed E-state index contributed by atoms with van der Waals surface area (Å²) >= 11 is 3.12. The summed E-state index contributed by atoms with van der Waals surface area (Å²) in [5.74, 6) is -2.59. The molecule has 6 nitrogen and oxygen atoms in total. The van der Waals surface area contributed by atoms with Crippen LogP contribution in [0.1, 0.15) is 31.1 Å². The van der Waals surface area contributed by atoms with Gasteiger partial charge in [-0.2, -0.15) is 0 Å². The fourth-order valence-electron chi connectivity index (χ4n) is 1.73. The maximum Gasteiger partial charge on any atom is 0.341 e. The maximum atomic E-state index is 13.6. The maximum absolute atomic E-state index is 13.6. The highest BCUT2D eigenvalue weighted by atomic mass is 79.9. The molecule has 0 fully saturated rings. The standard InChI is InChI=1S/C16H20BrFN2O4/c1-16(2,3)19-13(21)8-20(4)14(22)9-24-15(23)11-7-10(17)5-6-12(11)18/h5-7H,8-9H2,1-4H3,(H,19,21). The molecule has 0 heterocycles. The fourth-order valence-corrected chi connectivity index (χ4v) is 2.09. The van der Waals surface area contributed by atoms with Gasteiger partial charge in [-0.1, -0.05) is 15.9 Å². The lowest BCUT2D eigenvalue weighted by molar-refractivity contribution is -0.137. The molecule has 0 radical (unpaired) electrons. The molecule has 0 unspecified atom stereocenters. The summed E-state index contributed by atoms with van der Waals surface area (Å²) in [6.45, 7) is 4.71. The predicted molar refractivity (Wildman–Crippen MR) is 89.9 cm³/mol. The zero-order valence-electron chi connectivity index (χ0n) is 14.0. The summed E-state index contributed by atoms with van der Waals surface area (Å²) in [5, 5.41) is 2.71. The number of benzene rings is 1. The van der Waals surface area contributed by atoms with Crippen LogP contribution in [0.2, 0.25) is 0 Å². The first-order chi connectivity index (χ1) is 11.0. The average Bonchev–Trinajstić information content (AvgIpc) is 2.44. The summed E-state index contributed by atoms with van der Waals surface area (Å²) in [5.41, 5.74) is -0.684. The van der Waals surface area contributed by atoms with Gasteiger partial charge in [0.1, 0.15) is 5.82 Å². The Hall–Kier alpha value is -1.96. The molecule has 0 aliphatic heterocycles. The van der Waals surface area contributed by atoms with Crippen molar-refractivity contribution in [2.75, 3.05) is 20.2 Å². The Morgan fingerprint density at radius 2 is 1.92 bits per heavy atom. The van der Waals surface area contributed by atoms with E-state index in [0.717, 1.165) is 11.0 Å². The third-order valence-electron chi connectivity index (χ3n) is 2.80. The van der Waals surface area contributed by atoms with Crippen molar-refractivity contribution in [3.63, 3.8) is 0 Å². The molecule has 0 aliphatic carbocycles. The highest BCUT2D eigenvalue weighted by Gasteiger charge is 2.20. The van der Waals surface area contributed by atoms with E-state index >= 15 is 0 Å². The van der Waals surface area contributed by atoms with Gasteiger partial charge in [0.25, 0.3) is 5.91 Å². The number of ether oxygens (including phenoxy) is 1. The lowest BCUT2D eigenvalue weighted by Gasteiger charge is -2.23. The number of carbonyl (C=O) groups excluding carboxylic acids is 3. The van der Waals surface area contributed by atoms with E-state index in [2.05, 4.69) is 21.2 Å². The van der Waals surface area contributed by atoms with Crippen LogP contribution in [-0.4, -0.2) is 48.4 Å². The molecule has 0 saturated heterocycles.